The minimum atomic E-state index is -0.308. The normalized spacial score (nSPS) is 10.2. The molecule has 0 aliphatic rings. The lowest BCUT2D eigenvalue weighted by molar-refractivity contribution is -0.684. The molecule has 2 amide bonds. The van der Waals surface area contributed by atoms with Gasteiger partial charge in [0.15, 0.2) is 11.9 Å². The van der Waals surface area contributed by atoms with Gasteiger partial charge in [0.25, 0.3) is 5.91 Å². The van der Waals surface area contributed by atoms with Crippen molar-refractivity contribution < 1.29 is 19.3 Å². The van der Waals surface area contributed by atoms with Crippen molar-refractivity contribution in [2.45, 2.75) is 20.4 Å². The van der Waals surface area contributed by atoms with Crippen LogP contribution in [-0.4, -0.2) is 23.5 Å². The highest BCUT2D eigenvalue weighted by Gasteiger charge is 2.12. The van der Waals surface area contributed by atoms with Gasteiger partial charge in [0.2, 0.25) is 18.6 Å². The second kappa shape index (κ2) is 7.40. The zero-order valence-corrected chi connectivity index (χ0v) is 13.2. The molecular weight excluding hydrogens is 294 g/mol. The van der Waals surface area contributed by atoms with E-state index in [9.17, 15) is 14.7 Å². The van der Waals surface area contributed by atoms with Gasteiger partial charge in [0.05, 0.1) is 6.54 Å². The molecule has 0 unspecified atom stereocenters. The summed E-state index contributed by atoms with van der Waals surface area (Å²) in [7, 11) is 0. The number of carbonyl (C=O) groups excluding carboxylic acids is 2. The smallest absolute Gasteiger partial charge is 0.286 e. The Morgan fingerprint density at radius 2 is 1.78 bits per heavy atom. The maximum atomic E-state index is 12.0. The number of carbonyl (C=O) groups is 2. The molecule has 2 aromatic rings. The Hall–Kier alpha value is -2.89. The SMILES string of the molecule is Cc1cccc(C)c1NC(=O)CNC(=O)C[n+]1cccc(O)c1. The number of benzene rings is 1. The van der Waals surface area contributed by atoms with Crippen molar-refractivity contribution in [2.24, 2.45) is 0 Å². The van der Waals surface area contributed by atoms with Crippen molar-refractivity contribution >= 4 is 17.5 Å². The average molecular weight is 314 g/mol. The maximum absolute atomic E-state index is 12.0. The van der Waals surface area contributed by atoms with E-state index >= 15 is 0 Å². The van der Waals surface area contributed by atoms with Crippen LogP contribution in [0, 0.1) is 13.8 Å². The number of hydrogen-bond acceptors (Lipinski definition) is 3. The molecule has 120 valence electrons. The van der Waals surface area contributed by atoms with Gasteiger partial charge in [-0.2, -0.15) is 4.57 Å². The van der Waals surface area contributed by atoms with Gasteiger partial charge >= 0.3 is 0 Å². The number of pyridine rings is 1. The third-order valence-electron chi connectivity index (χ3n) is 3.36. The molecule has 0 saturated carbocycles. The highest BCUT2D eigenvalue weighted by atomic mass is 16.3. The third kappa shape index (κ3) is 4.81. The molecule has 1 aromatic carbocycles. The number of nitrogens with zero attached hydrogens (tertiary/aromatic N) is 1. The second-order valence-corrected chi connectivity index (χ2v) is 5.33. The molecule has 3 N–H and O–H groups in total. The van der Waals surface area contributed by atoms with E-state index in [1.54, 1.807) is 12.3 Å². The van der Waals surface area contributed by atoms with Crippen molar-refractivity contribution in [1.82, 2.24) is 5.32 Å². The fourth-order valence-electron chi connectivity index (χ4n) is 2.20. The summed E-state index contributed by atoms with van der Waals surface area (Å²) in [6, 6.07) is 8.91. The first-order valence-electron chi connectivity index (χ1n) is 7.26. The Morgan fingerprint density at radius 1 is 1.09 bits per heavy atom. The first-order chi connectivity index (χ1) is 11.0. The zero-order chi connectivity index (χ0) is 16.8. The highest BCUT2D eigenvalue weighted by molar-refractivity contribution is 5.95. The number of rotatable bonds is 5. The van der Waals surface area contributed by atoms with Crippen molar-refractivity contribution in [3.8, 4) is 5.75 Å². The van der Waals surface area contributed by atoms with Crippen LogP contribution in [0.2, 0.25) is 0 Å². The summed E-state index contributed by atoms with van der Waals surface area (Å²) in [5, 5.41) is 14.7. The summed E-state index contributed by atoms with van der Waals surface area (Å²) >= 11 is 0. The van der Waals surface area contributed by atoms with Crippen LogP contribution in [0.25, 0.3) is 0 Å². The number of aryl methyl sites for hydroxylation is 2. The average Bonchev–Trinajstić information content (AvgIpc) is 2.49. The van der Waals surface area contributed by atoms with Crippen LogP contribution in [0.15, 0.2) is 42.7 Å². The predicted molar refractivity (Wildman–Crippen MR) is 85.9 cm³/mol. The summed E-state index contributed by atoms with van der Waals surface area (Å²) in [6.45, 7) is 3.76. The molecule has 0 atom stereocenters. The molecule has 0 aliphatic carbocycles. The Balaban J connectivity index is 1.85. The lowest BCUT2D eigenvalue weighted by atomic mass is 10.1. The molecule has 0 radical (unpaired) electrons. The van der Waals surface area contributed by atoms with Crippen molar-refractivity contribution in [3.63, 3.8) is 0 Å². The number of anilines is 1. The van der Waals surface area contributed by atoms with Gasteiger partial charge < -0.3 is 15.7 Å². The Labute approximate surface area is 134 Å². The summed E-state index contributed by atoms with van der Waals surface area (Å²) in [6.07, 6.45) is 3.10. The lowest BCUT2D eigenvalue weighted by Gasteiger charge is -2.11. The van der Waals surface area contributed by atoms with E-state index in [1.165, 1.54) is 16.8 Å². The highest BCUT2D eigenvalue weighted by Crippen LogP contribution is 2.18. The van der Waals surface area contributed by atoms with Crippen LogP contribution in [-0.2, 0) is 16.1 Å². The number of aromatic hydroxyl groups is 1. The van der Waals surface area contributed by atoms with Crippen molar-refractivity contribution in [3.05, 3.63) is 53.9 Å². The quantitative estimate of drug-likeness (QED) is 0.722. The van der Waals surface area contributed by atoms with E-state index in [0.717, 1.165) is 16.8 Å². The standard InChI is InChI=1S/C17H19N3O3/c1-12-5-3-6-13(2)17(12)19-15(22)9-18-16(23)11-20-8-4-7-14(21)10-20/h3-8,10H,9,11H2,1-2H3,(H2-,18,19,21,22,23)/p+1. The van der Waals surface area contributed by atoms with Gasteiger partial charge in [-0.25, -0.2) is 0 Å². The van der Waals surface area contributed by atoms with E-state index in [4.69, 9.17) is 0 Å². The van der Waals surface area contributed by atoms with E-state index < -0.39 is 0 Å². The van der Waals surface area contributed by atoms with Crippen LogP contribution in [0.1, 0.15) is 11.1 Å². The molecule has 0 saturated heterocycles. The van der Waals surface area contributed by atoms with Crippen LogP contribution in [0.3, 0.4) is 0 Å². The van der Waals surface area contributed by atoms with Crippen LogP contribution in [0.5, 0.6) is 5.75 Å². The molecular formula is C17H20N3O3+. The number of amides is 2. The minimum Gasteiger partial charge on any atom is -0.503 e. The summed E-state index contributed by atoms with van der Waals surface area (Å²) in [5.74, 6) is -0.512. The molecule has 0 fully saturated rings. The number of para-hydroxylation sites is 1. The van der Waals surface area contributed by atoms with Gasteiger partial charge in [-0.15, -0.1) is 0 Å². The molecule has 0 bridgehead atoms. The van der Waals surface area contributed by atoms with Gasteiger partial charge in [-0.1, -0.05) is 18.2 Å². The largest absolute Gasteiger partial charge is 0.503 e. The van der Waals surface area contributed by atoms with E-state index in [2.05, 4.69) is 10.6 Å². The second-order valence-electron chi connectivity index (χ2n) is 5.33. The fraction of sp³-hybridized carbons (Fsp3) is 0.235. The fourth-order valence-corrected chi connectivity index (χ4v) is 2.20. The van der Waals surface area contributed by atoms with E-state index in [1.807, 2.05) is 32.0 Å². The molecule has 6 heteroatoms. The van der Waals surface area contributed by atoms with Gasteiger partial charge in [-0.05, 0) is 31.0 Å². The van der Waals surface area contributed by atoms with Crippen molar-refractivity contribution in [2.75, 3.05) is 11.9 Å². The zero-order valence-electron chi connectivity index (χ0n) is 13.2. The minimum absolute atomic E-state index is 0.0328. The maximum Gasteiger partial charge on any atom is 0.286 e. The van der Waals surface area contributed by atoms with Crippen LogP contribution in [0.4, 0.5) is 5.69 Å². The van der Waals surface area contributed by atoms with Crippen LogP contribution < -0.4 is 15.2 Å². The Morgan fingerprint density at radius 3 is 2.43 bits per heavy atom. The van der Waals surface area contributed by atoms with E-state index in [0.29, 0.717) is 0 Å². The molecule has 23 heavy (non-hydrogen) atoms. The molecule has 1 heterocycles. The molecule has 0 aliphatic heterocycles. The lowest BCUT2D eigenvalue weighted by Crippen LogP contribution is -2.44. The predicted octanol–water partition coefficient (Wildman–Crippen LogP) is 1.05. The topological polar surface area (TPSA) is 82.3 Å². The van der Waals surface area contributed by atoms with Crippen LogP contribution >= 0.6 is 0 Å². The molecule has 1 aromatic heterocycles. The summed E-state index contributed by atoms with van der Waals surface area (Å²) in [5.41, 5.74) is 2.72. The van der Waals surface area contributed by atoms with Gasteiger partial charge in [-0.3, -0.25) is 9.59 Å². The van der Waals surface area contributed by atoms with Gasteiger partial charge in [0, 0.05) is 11.8 Å². The van der Waals surface area contributed by atoms with Crippen molar-refractivity contribution in [1.29, 1.82) is 0 Å². The molecule has 0 spiro atoms. The first kappa shape index (κ1) is 16.5. The number of hydrogen-bond donors (Lipinski definition) is 3. The monoisotopic (exact) mass is 314 g/mol. The number of aromatic nitrogens is 1. The summed E-state index contributed by atoms with van der Waals surface area (Å²) < 4.78 is 1.54. The number of nitrogens with one attached hydrogen (secondary N) is 2. The first-order valence-corrected chi connectivity index (χ1v) is 7.26. The van der Waals surface area contributed by atoms with E-state index in [-0.39, 0.29) is 30.7 Å². The summed E-state index contributed by atoms with van der Waals surface area (Å²) in [4.78, 5) is 23.8. The van der Waals surface area contributed by atoms with Gasteiger partial charge in [0.1, 0.15) is 0 Å². The third-order valence-corrected chi connectivity index (χ3v) is 3.36. The molecule has 6 nitrogen and oxygen atoms in total. The Bertz CT molecular complexity index is 709. The molecule has 2 rings (SSSR count). The Kier molecular flexibility index (Phi) is 5.30.